The van der Waals surface area contributed by atoms with E-state index >= 15 is 0 Å². The number of halogens is 1. The van der Waals surface area contributed by atoms with Crippen molar-refractivity contribution in [2.75, 3.05) is 11.9 Å². The van der Waals surface area contributed by atoms with E-state index in [2.05, 4.69) is 26.3 Å². The van der Waals surface area contributed by atoms with Gasteiger partial charge >= 0.3 is 5.97 Å². The summed E-state index contributed by atoms with van der Waals surface area (Å²) < 4.78 is 2.50. The number of benzene rings is 1. The minimum atomic E-state index is -0.943. The van der Waals surface area contributed by atoms with Crippen molar-refractivity contribution in [3.05, 3.63) is 46.2 Å². The van der Waals surface area contributed by atoms with E-state index in [0.29, 0.717) is 12.2 Å². The van der Waals surface area contributed by atoms with Crippen LogP contribution in [0.3, 0.4) is 0 Å². The van der Waals surface area contributed by atoms with Gasteiger partial charge in [0.15, 0.2) is 0 Å². The molecule has 0 saturated heterocycles. The lowest BCUT2D eigenvalue weighted by Gasteiger charge is -2.09. The zero-order valence-corrected chi connectivity index (χ0v) is 12.0. The molecule has 100 valence electrons. The normalized spacial score (nSPS) is 10.4. The second-order valence-electron chi connectivity index (χ2n) is 4.15. The zero-order chi connectivity index (χ0) is 13.8. The highest BCUT2D eigenvalue weighted by Crippen LogP contribution is 2.21. The number of carbonyl (C=O) groups is 1. The topological polar surface area (TPSA) is 67.2 Å². The maximum absolute atomic E-state index is 11.1. The number of aromatic carboxylic acids is 1. The standard InChI is InChI=1S/C13H14BrN3O2/c1-17-7-5-10(16-17)4-6-15-12-3-2-9(14)8-11(12)13(18)19/h2-3,5,7-8,15H,4,6H2,1H3,(H,18,19). The highest BCUT2D eigenvalue weighted by Gasteiger charge is 2.10. The Hall–Kier alpha value is -1.82. The maximum Gasteiger partial charge on any atom is 0.337 e. The van der Waals surface area contributed by atoms with Crippen LogP contribution in [0.4, 0.5) is 5.69 Å². The fraction of sp³-hybridized carbons (Fsp3) is 0.231. The first-order valence-corrected chi connectivity index (χ1v) is 6.61. The molecule has 0 saturated carbocycles. The molecule has 0 unspecified atom stereocenters. The Morgan fingerprint density at radius 3 is 2.89 bits per heavy atom. The smallest absolute Gasteiger partial charge is 0.337 e. The van der Waals surface area contributed by atoms with Crippen LogP contribution in [-0.2, 0) is 13.5 Å². The Morgan fingerprint density at radius 2 is 2.26 bits per heavy atom. The molecule has 1 aromatic heterocycles. The Morgan fingerprint density at radius 1 is 1.47 bits per heavy atom. The molecule has 0 aliphatic carbocycles. The van der Waals surface area contributed by atoms with Crippen molar-refractivity contribution in [1.29, 1.82) is 0 Å². The van der Waals surface area contributed by atoms with Crippen molar-refractivity contribution in [3.63, 3.8) is 0 Å². The van der Waals surface area contributed by atoms with Gasteiger partial charge in [0, 0.05) is 36.4 Å². The number of carboxylic acids is 1. The molecule has 5 nitrogen and oxygen atoms in total. The van der Waals surface area contributed by atoms with Crippen LogP contribution >= 0.6 is 15.9 Å². The lowest BCUT2D eigenvalue weighted by Crippen LogP contribution is -2.10. The highest BCUT2D eigenvalue weighted by molar-refractivity contribution is 9.10. The van der Waals surface area contributed by atoms with Crippen LogP contribution in [0.1, 0.15) is 16.1 Å². The quantitative estimate of drug-likeness (QED) is 0.887. The zero-order valence-electron chi connectivity index (χ0n) is 10.4. The Bertz CT molecular complexity index is 595. The van der Waals surface area contributed by atoms with Crippen LogP contribution in [0, 0.1) is 0 Å². The molecule has 1 aromatic carbocycles. The van der Waals surface area contributed by atoms with Crippen molar-refractivity contribution >= 4 is 27.6 Å². The van der Waals surface area contributed by atoms with Gasteiger partial charge in [-0.05, 0) is 24.3 Å². The minimum Gasteiger partial charge on any atom is -0.478 e. The number of nitrogens with zero attached hydrogens (tertiary/aromatic N) is 2. The number of anilines is 1. The molecule has 0 spiro atoms. The van der Waals surface area contributed by atoms with Crippen LogP contribution in [0.5, 0.6) is 0 Å². The minimum absolute atomic E-state index is 0.260. The number of aryl methyl sites for hydroxylation is 1. The number of hydrogen-bond donors (Lipinski definition) is 2. The molecule has 19 heavy (non-hydrogen) atoms. The molecule has 0 aliphatic rings. The van der Waals surface area contributed by atoms with Gasteiger partial charge in [0.2, 0.25) is 0 Å². The van der Waals surface area contributed by atoms with Gasteiger partial charge in [0.1, 0.15) is 0 Å². The molecule has 0 amide bonds. The molecule has 6 heteroatoms. The van der Waals surface area contributed by atoms with E-state index in [9.17, 15) is 4.79 Å². The van der Waals surface area contributed by atoms with Crippen LogP contribution in [0.25, 0.3) is 0 Å². The lowest BCUT2D eigenvalue weighted by molar-refractivity contribution is 0.0698. The van der Waals surface area contributed by atoms with Crippen molar-refractivity contribution in [2.24, 2.45) is 7.05 Å². The number of hydrogen-bond acceptors (Lipinski definition) is 3. The van der Waals surface area contributed by atoms with Crippen molar-refractivity contribution in [1.82, 2.24) is 9.78 Å². The Kier molecular flexibility index (Phi) is 4.21. The monoisotopic (exact) mass is 323 g/mol. The number of rotatable bonds is 5. The predicted octanol–water partition coefficient (Wildman–Crippen LogP) is 2.54. The molecule has 2 aromatic rings. The molecule has 2 N–H and O–H groups in total. The van der Waals surface area contributed by atoms with Crippen LogP contribution in [0.2, 0.25) is 0 Å². The summed E-state index contributed by atoms with van der Waals surface area (Å²) in [5.41, 5.74) is 1.85. The number of nitrogens with one attached hydrogen (secondary N) is 1. The number of carboxylic acid groups (broad SMARTS) is 1. The molecule has 0 atom stereocenters. The lowest BCUT2D eigenvalue weighted by atomic mass is 10.1. The molecule has 1 heterocycles. The van der Waals surface area contributed by atoms with Gasteiger partial charge in [-0.2, -0.15) is 5.10 Å². The van der Waals surface area contributed by atoms with Gasteiger partial charge in [-0.25, -0.2) is 4.79 Å². The summed E-state index contributed by atoms with van der Waals surface area (Å²) in [6.45, 7) is 0.638. The third-order valence-electron chi connectivity index (χ3n) is 2.68. The molecule has 2 rings (SSSR count). The van der Waals surface area contributed by atoms with Gasteiger partial charge in [0.25, 0.3) is 0 Å². The largest absolute Gasteiger partial charge is 0.478 e. The first-order valence-electron chi connectivity index (χ1n) is 5.81. The van der Waals surface area contributed by atoms with E-state index < -0.39 is 5.97 Å². The second kappa shape index (κ2) is 5.88. The Balaban J connectivity index is 2.01. The van der Waals surface area contributed by atoms with Gasteiger partial charge in [0.05, 0.1) is 11.3 Å². The SMILES string of the molecule is Cn1ccc(CCNc2ccc(Br)cc2C(=O)O)n1. The van der Waals surface area contributed by atoms with E-state index in [1.165, 1.54) is 0 Å². The fourth-order valence-corrected chi connectivity index (χ4v) is 2.13. The van der Waals surface area contributed by atoms with Gasteiger partial charge in [-0.15, -0.1) is 0 Å². The summed E-state index contributed by atoms with van der Waals surface area (Å²) in [7, 11) is 1.87. The first kappa shape index (κ1) is 13.6. The van der Waals surface area contributed by atoms with Gasteiger partial charge < -0.3 is 10.4 Å². The first-order chi connectivity index (χ1) is 9.06. The molecule has 0 bridgehead atoms. The fourth-order valence-electron chi connectivity index (χ4n) is 1.77. The third kappa shape index (κ3) is 3.57. The molecule has 0 aliphatic heterocycles. The van der Waals surface area contributed by atoms with Gasteiger partial charge in [-0.3, -0.25) is 4.68 Å². The average molecular weight is 324 g/mol. The van der Waals surface area contributed by atoms with Crippen LogP contribution in [0.15, 0.2) is 34.9 Å². The molecular weight excluding hydrogens is 310 g/mol. The average Bonchev–Trinajstić information content (AvgIpc) is 2.77. The van der Waals surface area contributed by atoms with E-state index in [-0.39, 0.29) is 5.56 Å². The molecular formula is C13H14BrN3O2. The summed E-state index contributed by atoms with van der Waals surface area (Å²) in [4.78, 5) is 11.1. The molecule has 0 fully saturated rings. The van der Waals surface area contributed by atoms with Crippen LogP contribution < -0.4 is 5.32 Å². The van der Waals surface area contributed by atoms with E-state index in [1.807, 2.05) is 25.4 Å². The third-order valence-corrected chi connectivity index (χ3v) is 3.17. The summed E-state index contributed by atoms with van der Waals surface area (Å²) >= 11 is 3.27. The molecule has 0 radical (unpaired) electrons. The summed E-state index contributed by atoms with van der Waals surface area (Å²) in [6.07, 6.45) is 2.63. The van der Waals surface area contributed by atoms with Crippen molar-refractivity contribution in [3.8, 4) is 0 Å². The summed E-state index contributed by atoms with van der Waals surface area (Å²) in [5.74, 6) is -0.943. The maximum atomic E-state index is 11.1. The van der Waals surface area contributed by atoms with Crippen molar-refractivity contribution < 1.29 is 9.90 Å². The van der Waals surface area contributed by atoms with Crippen LogP contribution in [-0.4, -0.2) is 27.4 Å². The van der Waals surface area contributed by atoms with E-state index in [1.54, 1.807) is 16.8 Å². The number of aromatic nitrogens is 2. The van der Waals surface area contributed by atoms with E-state index in [4.69, 9.17) is 5.11 Å². The summed E-state index contributed by atoms with van der Waals surface area (Å²) in [6, 6.07) is 7.11. The highest BCUT2D eigenvalue weighted by atomic mass is 79.9. The van der Waals surface area contributed by atoms with Crippen molar-refractivity contribution in [2.45, 2.75) is 6.42 Å². The predicted molar refractivity (Wildman–Crippen MR) is 76.5 cm³/mol. The second-order valence-corrected chi connectivity index (χ2v) is 5.07. The Labute approximate surface area is 119 Å². The van der Waals surface area contributed by atoms with Gasteiger partial charge in [-0.1, -0.05) is 15.9 Å². The van der Waals surface area contributed by atoms with E-state index in [0.717, 1.165) is 16.6 Å². The summed E-state index contributed by atoms with van der Waals surface area (Å²) in [5, 5.41) is 16.5.